The molecule has 0 radical (unpaired) electrons. The molecule has 0 saturated heterocycles. The van der Waals surface area contributed by atoms with Gasteiger partial charge in [0.2, 0.25) is 0 Å². The fourth-order valence-corrected chi connectivity index (χ4v) is 2.78. The second-order valence-corrected chi connectivity index (χ2v) is 5.78. The van der Waals surface area contributed by atoms with Crippen molar-refractivity contribution in [3.8, 4) is 11.3 Å². The average Bonchev–Trinajstić information content (AvgIpc) is 3.14. The first-order chi connectivity index (χ1) is 11.5. The Morgan fingerprint density at radius 2 is 2.17 bits per heavy atom. The number of hydrogen-bond donors (Lipinski definition) is 1. The summed E-state index contributed by atoms with van der Waals surface area (Å²) in [5, 5.41) is 4.28. The number of H-pyrrole nitrogens is 1. The van der Waals surface area contributed by atoms with E-state index in [0.29, 0.717) is 23.2 Å². The van der Waals surface area contributed by atoms with E-state index in [1.165, 1.54) is 19.1 Å². The van der Waals surface area contributed by atoms with Gasteiger partial charge in [0.1, 0.15) is 11.6 Å². The molecule has 5 nitrogen and oxygen atoms in total. The Morgan fingerprint density at radius 1 is 1.38 bits per heavy atom. The van der Waals surface area contributed by atoms with Crippen molar-refractivity contribution in [1.82, 2.24) is 19.7 Å². The lowest BCUT2D eigenvalue weighted by atomic mass is 9.99. The molecule has 124 valence electrons. The Kier molecular flexibility index (Phi) is 4.29. The predicted molar refractivity (Wildman–Crippen MR) is 89.4 cm³/mol. The lowest BCUT2D eigenvalue weighted by Crippen LogP contribution is -2.00. The number of carbonyl (C=O) groups is 1. The molecule has 6 heteroatoms. The quantitative estimate of drug-likeness (QED) is 0.730. The van der Waals surface area contributed by atoms with Crippen molar-refractivity contribution in [3.05, 3.63) is 59.1 Å². The van der Waals surface area contributed by atoms with E-state index in [2.05, 4.69) is 15.1 Å². The number of benzene rings is 1. The zero-order valence-electron chi connectivity index (χ0n) is 13.9. The van der Waals surface area contributed by atoms with Gasteiger partial charge in [0.25, 0.3) is 0 Å². The largest absolute Gasteiger partial charge is 0.345 e. The van der Waals surface area contributed by atoms with Crippen molar-refractivity contribution < 1.29 is 9.18 Å². The highest BCUT2D eigenvalue weighted by Gasteiger charge is 2.17. The van der Waals surface area contributed by atoms with Crippen LogP contribution in [-0.2, 0) is 13.0 Å². The molecular formula is C18H19FN4O. The Balaban J connectivity index is 2.05. The van der Waals surface area contributed by atoms with Crippen LogP contribution in [0.1, 0.15) is 41.3 Å². The molecule has 24 heavy (non-hydrogen) atoms. The smallest absolute Gasteiger partial charge is 0.160 e. The molecule has 2 heterocycles. The molecule has 0 amide bonds. The molecule has 0 bridgehead atoms. The molecule has 2 aromatic heterocycles. The average molecular weight is 326 g/mol. The minimum Gasteiger partial charge on any atom is -0.345 e. The number of imidazole rings is 1. The molecule has 0 aliphatic carbocycles. The topological polar surface area (TPSA) is 63.6 Å². The van der Waals surface area contributed by atoms with E-state index in [1.807, 2.05) is 30.9 Å². The molecule has 3 aromatic rings. The van der Waals surface area contributed by atoms with Crippen LogP contribution in [0, 0.1) is 12.7 Å². The normalized spacial score (nSPS) is 11.0. The number of ketones is 1. The molecule has 3 rings (SSSR count). The van der Waals surface area contributed by atoms with Crippen LogP contribution in [0.3, 0.4) is 0 Å². The molecule has 1 N–H and O–H groups in total. The fraction of sp³-hybridized carbons (Fsp3) is 0.278. The van der Waals surface area contributed by atoms with Gasteiger partial charge < -0.3 is 4.98 Å². The van der Waals surface area contributed by atoms with E-state index in [1.54, 1.807) is 6.07 Å². The summed E-state index contributed by atoms with van der Waals surface area (Å²) in [6.45, 7) is 6.13. The van der Waals surface area contributed by atoms with Crippen LogP contribution in [0.15, 0.2) is 30.6 Å². The number of carbonyl (C=O) groups excluding carboxylic acids is 1. The zero-order valence-corrected chi connectivity index (χ0v) is 13.9. The van der Waals surface area contributed by atoms with Crippen molar-refractivity contribution in [3.63, 3.8) is 0 Å². The number of nitrogens with zero attached hydrogens (tertiary/aromatic N) is 3. The van der Waals surface area contributed by atoms with Gasteiger partial charge in [-0.05, 0) is 44.5 Å². The second kappa shape index (κ2) is 6.39. The lowest BCUT2D eigenvalue weighted by Gasteiger charge is -2.07. The van der Waals surface area contributed by atoms with Gasteiger partial charge in [-0.1, -0.05) is 0 Å². The van der Waals surface area contributed by atoms with E-state index >= 15 is 0 Å². The maximum Gasteiger partial charge on any atom is 0.160 e. The van der Waals surface area contributed by atoms with Gasteiger partial charge in [-0.3, -0.25) is 9.48 Å². The monoisotopic (exact) mass is 326 g/mol. The molecule has 0 fully saturated rings. The highest BCUT2D eigenvalue weighted by molar-refractivity contribution is 6.00. The summed E-state index contributed by atoms with van der Waals surface area (Å²) in [5.41, 5.74) is 3.60. The molecule has 0 aliphatic heterocycles. The molecule has 1 aromatic carbocycles. The standard InChI is InChI=1S/C18H19FN4O/c1-4-23-10-13(9-20-23)7-17-18(22-12(3)21-17)15-6-5-14(19)8-16(15)11(2)24/h5-6,8-10H,4,7H2,1-3H3,(H,21,22). The summed E-state index contributed by atoms with van der Waals surface area (Å²) in [6, 6.07) is 4.23. The maximum atomic E-state index is 13.5. The molecule has 0 atom stereocenters. The van der Waals surface area contributed by atoms with E-state index in [9.17, 15) is 9.18 Å². The number of halogens is 1. The van der Waals surface area contributed by atoms with Crippen molar-refractivity contribution >= 4 is 5.78 Å². The summed E-state index contributed by atoms with van der Waals surface area (Å²) in [4.78, 5) is 19.7. The van der Waals surface area contributed by atoms with Gasteiger partial charge in [0.15, 0.2) is 5.78 Å². The number of Topliss-reactive ketones (excluding diaryl/α,β-unsaturated/α-hetero) is 1. The number of aryl methyl sites for hydroxylation is 2. The van der Waals surface area contributed by atoms with E-state index in [4.69, 9.17) is 0 Å². The number of nitrogens with one attached hydrogen (secondary N) is 1. The Morgan fingerprint density at radius 3 is 2.83 bits per heavy atom. The van der Waals surface area contributed by atoms with Gasteiger partial charge in [-0.2, -0.15) is 5.10 Å². The third-order valence-corrected chi connectivity index (χ3v) is 3.90. The summed E-state index contributed by atoms with van der Waals surface area (Å²) >= 11 is 0. The summed E-state index contributed by atoms with van der Waals surface area (Å²) < 4.78 is 15.4. The number of hydrogen-bond acceptors (Lipinski definition) is 3. The number of aromatic amines is 1. The first-order valence-electron chi connectivity index (χ1n) is 7.85. The third-order valence-electron chi connectivity index (χ3n) is 3.90. The van der Waals surface area contributed by atoms with Crippen LogP contribution in [0.5, 0.6) is 0 Å². The van der Waals surface area contributed by atoms with Crippen LogP contribution in [0.2, 0.25) is 0 Å². The minimum absolute atomic E-state index is 0.185. The Bertz CT molecular complexity index is 894. The molecule has 0 spiro atoms. The zero-order chi connectivity index (χ0) is 17.3. The van der Waals surface area contributed by atoms with Gasteiger partial charge in [0.05, 0.1) is 11.9 Å². The highest BCUT2D eigenvalue weighted by Crippen LogP contribution is 2.28. The molecular weight excluding hydrogens is 307 g/mol. The van der Waals surface area contributed by atoms with Crippen molar-refractivity contribution in [2.75, 3.05) is 0 Å². The summed E-state index contributed by atoms with van der Waals surface area (Å²) in [5.74, 6) is 0.138. The second-order valence-electron chi connectivity index (χ2n) is 5.78. The predicted octanol–water partition coefficient (Wildman–Crippen LogP) is 3.53. The van der Waals surface area contributed by atoms with Crippen molar-refractivity contribution in [1.29, 1.82) is 0 Å². The van der Waals surface area contributed by atoms with Crippen LogP contribution in [-0.4, -0.2) is 25.5 Å². The fourth-order valence-electron chi connectivity index (χ4n) is 2.78. The van der Waals surface area contributed by atoms with Crippen LogP contribution >= 0.6 is 0 Å². The molecule has 0 unspecified atom stereocenters. The van der Waals surface area contributed by atoms with E-state index in [0.717, 1.165) is 23.6 Å². The van der Waals surface area contributed by atoms with Gasteiger partial charge in [-0.15, -0.1) is 0 Å². The van der Waals surface area contributed by atoms with Gasteiger partial charge in [-0.25, -0.2) is 9.37 Å². The Hall–Kier alpha value is -2.76. The van der Waals surface area contributed by atoms with Crippen LogP contribution < -0.4 is 0 Å². The van der Waals surface area contributed by atoms with Gasteiger partial charge >= 0.3 is 0 Å². The number of rotatable bonds is 5. The third kappa shape index (κ3) is 3.13. The molecule has 0 saturated carbocycles. The summed E-state index contributed by atoms with van der Waals surface area (Å²) in [7, 11) is 0. The number of aromatic nitrogens is 4. The SMILES string of the molecule is CCn1cc(Cc2[nH]c(C)nc2-c2ccc(F)cc2C(C)=O)cn1. The minimum atomic E-state index is -0.429. The lowest BCUT2D eigenvalue weighted by molar-refractivity contribution is 0.101. The summed E-state index contributed by atoms with van der Waals surface area (Å²) in [6.07, 6.45) is 4.42. The van der Waals surface area contributed by atoms with Crippen LogP contribution in [0.4, 0.5) is 4.39 Å². The maximum absolute atomic E-state index is 13.5. The highest BCUT2D eigenvalue weighted by atomic mass is 19.1. The van der Waals surface area contributed by atoms with E-state index in [-0.39, 0.29) is 5.78 Å². The van der Waals surface area contributed by atoms with Crippen LogP contribution in [0.25, 0.3) is 11.3 Å². The van der Waals surface area contributed by atoms with Crippen molar-refractivity contribution in [2.24, 2.45) is 0 Å². The first kappa shape index (κ1) is 16.1. The first-order valence-corrected chi connectivity index (χ1v) is 7.85. The van der Waals surface area contributed by atoms with Crippen molar-refractivity contribution in [2.45, 2.75) is 33.7 Å². The molecule has 0 aliphatic rings. The van der Waals surface area contributed by atoms with Gasteiger partial charge in [0, 0.05) is 36.0 Å². The van der Waals surface area contributed by atoms with E-state index < -0.39 is 5.82 Å². The Labute approximate surface area is 139 Å².